The molecule has 4 heteroatoms. The summed E-state index contributed by atoms with van der Waals surface area (Å²) in [6, 6.07) is 4.93. The predicted molar refractivity (Wildman–Crippen MR) is 77.7 cm³/mol. The lowest BCUT2D eigenvalue weighted by atomic mass is 9.95. The van der Waals surface area contributed by atoms with Crippen LogP contribution in [0.1, 0.15) is 44.2 Å². The molecule has 1 aromatic rings. The zero-order valence-electron chi connectivity index (χ0n) is 12.3. The minimum atomic E-state index is -0.772. The van der Waals surface area contributed by atoms with Gasteiger partial charge >= 0.3 is 0 Å². The Bertz CT molecular complexity index is 436. The number of nitrogens with one attached hydrogen (secondary N) is 1. The minimum absolute atomic E-state index is 0.132. The number of hydrogen-bond donors (Lipinski definition) is 1. The molecule has 2 rings (SSSR count). The van der Waals surface area contributed by atoms with E-state index in [1.54, 1.807) is 6.07 Å². The van der Waals surface area contributed by atoms with Gasteiger partial charge in [-0.3, -0.25) is 4.90 Å². The second-order valence-electron chi connectivity index (χ2n) is 5.63. The normalized spacial score (nSPS) is 21.9. The Balaban J connectivity index is 2.11. The summed E-state index contributed by atoms with van der Waals surface area (Å²) in [5, 5.41) is 3.19. The van der Waals surface area contributed by atoms with Gasteiger partial charge in [-0.05, 0) is 64.0 Å². The molecule has 1 aromatic carbocycles. The van der Waals surface area contributed by atoms with Crippen molar-refractivity contribution in [1.29, 1.82) is 0 Å². The van der Waals surface area contributed by atoms with Crippen molar-refractivity contribution < 1.29 is 8.78 Å². The van der Waals surface area contributed by atoms with Crippen molar-refractivity contribution in [2.24, 2.45) is 0 Å². The van der Waals surface area contributed by atoms with Gasteiger partial charge in [0, 0.05) is 12.1 Å². The van der Waals surface area contributed by atoms with Gasteiger partial charge in [0.1, 0.15) is 0 Å². The van der Waals surface area contributed by atoms with Gasteiger partial charge in [-0.15, -0.1) is 0 Å². The van der Waals surface area contributed by atoms with Crippen LogP contribution in [-0.4, -0.2) is 31.1 Å². The fourth-order valence-corrected chi connectivity index (χ4v) is 3.12. The molecule has 1 aliphatic rings. The zero-order chi connectivity index (χ0) is 14.5. The number of piperidine rings is 1. The maximum atomic E-state index is 13.4. The van der Waals surface area contributed by atoms with E-state index in [0.29, 0.717) is 6.04 Å². The highest BCUT2D eigenvalue weighted by Crippen LogP contribution is 2.30. The standard InChI is InChI=1S/C16H24F2N2/c1-12(13-6-7-15(17)16(18)11-13)20-10-4-3-5-14(20)8-9-19-2/h6-7,11-12,14,19H,3-5,8-10H2,1-2H3. The van der Waals surface area contributed by atoms with Crippen LogP contribution in [0, 0.1) is 11.6 Å². The molecule has 0 bridgehead atoms. The van der Waals surface area contributed by atoms with Crippen LogP contribution in [0.25, 0.3) is 0 Å². The molecule has 1 N–H and O–H groups in total. The first kappa shape index (κ1) is 15.4. The summed E-state index contributed by atoms with van der Waals surface area (Å²) in [7, 11) is 1.96. The molecule has 1 saturated heterocycles. The Kier molecular flexibility index (Phi) is 5.49. The van der Waals surface area contributed by atoms with Gasteiger partial charge in [-0.2, -0.15) is 0 Å². The first-order valence-corrected chi connectivity index (χ1v) is 7.48. The Hall–Kier alpha value is -1.00. The molecule has 112 valence electrons. The zero-order valence-corrected chi connectivity index (χ0v) is 12.3. The second kappa shape index (κ2) is 7.14. The van der Waals surface area contributed by atoms with E-state index in [4.69, 9.17) is 0 Å². The summed E-state index contributed by atoms with van der Waals surface area (Å²) < 4.78 is 26.5. The lowest BCUT2D eigenvalue weighted by Crippen LogP contribution is -2.42. The van der Waals surface area contributed by atoms with E-state index in [1.165, 1.54) is 31.4 Å². The maximum absolute atomic E-state index is 13.4. The quantitative estimate of drug-likeness (QED) is 0.889. The third kappa shape index (κ3) is 3.55. The molecule has 2 unspecified atom stereocenters. The van der Waals surface area contributed by atoms with E-state index in [2.05, 4.69) is 17.1 Å². The molecule has 0 saturated carbocycles. The summed E-state index contributed by atoms with van der Waals surface area (Å²) in [4.78, 5) is 2.44. The van der Waals surface area contributed by atoms with Gasteiger partial charge in [-0.25, -0.2) is 8.78 Å². The van der Waals surface area contributed by atoms with Crippen molar-refractivity contribution in [3.05, 3.63) is 35.4 Å². The average molecular weight is 282 g/mol. The monoisotopic (exact) mass is 282 g/mol. The predicted octanol–water partition coefficient (Wildman–Crippen LogP) is 3.49. The van der Waals surface area contributed by atoms with Crippen molar-refractivity contribution in [2.45, 2.75) is 44.7 Å². The third-order valence-electron chi connectivity index (χ3n) is 4.32. The molecular formula is C16H24F2N2. The first-order chi connectivity index (χ1) is 9.63. The van der Waals surface area contributed by atoms with E-state index < -0.39 is 11.6 Å². The Morgan fingerprint density at radius 2 is 2.10 bits per heavy atom. The topological polar surface area (TPSA) is 15.3 Å². The van der Waals surface area contributed by atoms with Crippen molar-refractivity contribution in [2.75, 3.05) is 20.1 Å². The molecule has 2 atom stereocenters. The van der Waals surface area contributed by atoms with E-state index in [0.717, 1.165) is 25.1 Å². The molecule has 1 heterocycles. The van der Waals surface area contributed by atoms with Crippen LogP contribution >= 0.6 is 0 Å². The van der Waals surface area contributed by atoms with Crippen LogP contribution in [0.5, 0.6) is 0 Å². The molecule has 0 radical (unpaired) electrons. The van der Waals surface area contributed by atoms with Crippen LogP contribution in [0.15, 0.2) is 18.2 Å². The fourth-order valence-electron chi connectivity index (χ4n) is 3.12. The average Bonchev–Trinajstić information content (AvgIpc) is 2.47. The van der Waals surface area contributed by atoms with Gasteiger partial charge in [0.25, 0.3) is 0 Å². The van der Waals surface area contributed by atoms with Gasteiger partial charge < -0.3 is 5.32 Å². The summed E-state index contributed by atoms with van der Waals surface area (Å²) in [5.74, 6) is -1.52. The van der Waals surface area contributed by atoms with Crippen LogP contribution < -0.4 is 5.32 Å². The lowest BCUT2D eigenvalue weighted by Gasteiger charge is -2.40. The van der Waals surface area contributed by atoms with Gasteiger partial charge in [0.15, 0.2) is 11.6 Å². The smallest absolute Gasteiger partial charge is 0.159 e. The van der Waals surface area contributed by atoms with Crippen molar-refractivity contribution >= 4 is 0 Å². The SMILES string of the molecule is CNCCC1CCCCN1C(C)c1ccc(F)c(F)c1. The Morgan fingerprint density at radius 3 is 2.80 bits per heavy atom. The largest absolute Gasteiger partial charge is 0.320 e. The van der Waals surface area contributed by atoms with Gasteiger partial charge in [0.2, 0.25) is 0 Å². The van der Waals surface area contributed by atoms with Crippen molar-refractivity contribution in [3.63, 3.8) is 0 Å². The molecule has 0 amide bonds. The van der Waals surface area contributed by atoms with Gasteiger partial charge in [0.05, 0.1) is 0 Å². The highest BCUT2D eigenvalue weighted by Gasteiger charge is 2.27. The van der Waals surface area contributed by atoms with Crippen LogP contribution in [0.4, 0.5) is 8.78 Å². The summed E-state index contributed by atoms with van der Waals surface area (Å²) in [6.45, 7) is 4.12. The molecule has 1 aliphatic heterocycles. The molecular weight excluding hydrogens is 258 g/mol. The van der Waals surface area contributed by atoms with E-state index in [9.17, 15) is 8.78 Å². The van der Waals surface area contributed by atoms with Crippen molar-refractivity contribution in [1.82, 2.24) is 10.2 Å². The first-order valence-electron chi connectivity index (χ1n) is 7.48. The molecule has 2 nitrogen and oxygen atoms in total. The number of likely N-dealkylation sites (tertiary alicyclic amines) is 1. The molecule has 1 fully saturated rings. The summed E-state index contributed by atoms with van der Waals surface area (Å²) >= 11 is 0. The van der Waals surface area contributed by atoms with Crippen LogP contribution in [0.3, 0.4) is 0 Å². The maximum Gasteiger partial charge on any atom is 0.159 e. The number of nitrogens with zero attached hydrogens (tertiary/aromatic N) is 1. The number of hydrogen-bond acceptors (Lipinski definition) is 2. The number of halogens is 2. The number of benzene rings is 1. The fraction of sp³-hybridized carbons (Fsp3) is 0.625. The molecule has 20 heavy (non-hydrogen) atoms. The van der Waals surface area contributed by atoms with E-state index in [-0.39, 0.29) is 6.04 Å². The van der Waals surface area contributed by atoms with Crippen LogP contribution in [-0.2, 0) is 0 Å². The summed E-state index contributed by atoms with van der Waals surface area (Å²) in [5.41, 5.74) is 0.861. The molecule has 0 aliphatic carbocycles. The Morgan fingerprint density at radius 1 is 1.30 bits per heavy atom. The highest BCUT2D eigenvalue weighted by molar-refractivity contribution is 5.21. The summed E-state index contributed by atoms with van der Waals surface area (Å²) in [6.07, 6.45) is 4.74. The van der Waals surface area contributed by atoms with E-state index in [1.807, 2.05) is 7.05 Å². The minimum Gasteiger partial charge on any atom is -0.320 e. The molecule has 0 spiro atoms. The van der Waals surface area contributed by atoms with E-state index >= 15 is 0 Å². The lowest BCUT2D eigenvalue weighted by molar-refractivity contribution is 0.0969. The molecule has 0 aromatic heterocycles. The number of rotatable bonds is 5. The van der Waals surface area contributed by atoms with Crippen molar-refractivity contribution in [3.8, 4) is 0 Å². The highest BCUT2D eigenvalue weighted by atomic mass is 19.2. The second-order valence-corrected chi connectivity index (χ2v) is 5.63. The Labute approximate surface area is 120 Å². The van der Waals surface area contributed by atoms with Crippen LogP contribution in [0.2, 0.25) is 0 Å². The third-order valence-corrected chi connectivity index (χ3v) is 4.32. The van der Waals surface area contributed by atoms with Gasteiger partial charge in [-0.1, -0.05) is 12.5 Å².